The SMILES string of the molecule is C1=CC(n2c3ccc(-c4ccccc4)cc3c3cc(-c4ccccc4)ccc32)=CCC=C1c1ccc2c(c1)B1c3ccccc3N(c3ccccc3)c3cccc(c31)N2c1ccccc1. The number of benzene rings is 9. The number of hydrogen-bond acceptors (Lipinski definition) is 2. The lowest BCUT2D eigenvalue weighted by Crippen LogP contribution is -2.61. The monoisotopic (exact) mass is 827 g/mol. The molecule has 10 aromatic rings. The Morgan fingerprint density at radius 3 is 1.46 bits per heavy atom. The van der Waals surface area contributed by atoms with E-state index in [-0.39, 0.29) is 6.71 Å². The van der Waals surface area contributed by atoms with Crippen LogP contribution in [0.3, 0.4) is 0 Å². The second kappa shape index (κ2) is 15.2. The van der Waals surface area contributed by atoms with Gasteiger partial charge in [0.2, 0.25) is 0 Å². The van der Waals surface area contributed by atoms with Crippen LogP contribution >= 0.6 is 0 Å². The summed E-state index contributed by atoms with van der Waals surface area (Å²) < 4.78 is 2.46. The van der Waals surface area contributed by atoms with E-state index in [1.54, 1.807) is 0 Å². The molecule has 0 bridgehead atoms. The van der Waals surface area contributed by atoms with E-state index in [1.807, 2.05) is 0 Å². The quantitative estimate of drug-likeness (QED) is 0.155. The molecule has 3 aliphatic rings. The van der Waals surface area contributed by atoms with Gasteiger partial charge in [-0.05, 0) is 135 Å². The molecule has 2 aliphatic heterocycles. The van der Waals surface area contributed by atoms with Crippen molar-refractivity contribution in [1.82, 2.24) is 4.57 Å². The van der Waals surface area contributed by atoms with Gasteiger partial charge in [-0.25, -0.2) is 0 Å². The van der Waals surface area contributed by atoms with Crippen molar-refractivity contribution >= 4 is 90.3 Å². The molecule has 3 nitrogen and oxygen atoms in total. The summed E-state index contributed by atoms with van der Waals surface area (Å²) in [7, 11) is 0. The Labute approximate surface area is 379 Å². The van der Waals surface area contributed by atoms with Crippen LogP contribution in [0.25, 0.3) is 55.3 Å². The summed E-state index contributed by atoms with van der Waals surface area (Å²) in [5, 5.41) is 2.50. The topological polar surface area (TPSA) is 11.4 Å². The molecule has 1 aromatic heterocycles. The number of anilines is 6. The van der Waals surface area contributed by atoms with Crippen LogP contribution in [0.5, 0.6) is 0 Å². The van der Waals surface area contributed by atoms with Gasteiger partial charge in [-0.3, -0.25) is 0 Å². The van der Waals surface area contributed by atoms with Gasteiger partial charge >= 0.3 is 0 Å². The molecule has 9 aromatic carbocycles. The highest BCUT2D eigenvalue weighted by Gasteiger charge is 2.43. The largest absolute Gasteiger partial charge is 0.311 e. The van der Waals surface area contributed by atoms with Crippen LogP contribution in [0.2, 0.25) is 0 Å². The number of aromatic nitrogens is 1. The van der Waals surface area contributed by atoms with Crippen molar-refractivity contribution in [3.8, 4) is 22.3 Å². The zero-order valence-electron chi connectivity index (χ0n) is 35.7. The zero-order chi connectivity index (χ0) is 42.8. The average Bonchev–Trinajstić information content (AvgIpc) is 3.50. The summed E-state index contributed by atoms with van der Waals surface area (Å²) in [6.45, 7) is 0.0514. The van der Waals surface area contributed by atoms with E-state index < -0.39 is 0 Å². The Kier molecular flexibility index (Phi) is 8.70. The van der Waals surface area contributed by atoms with Gasteiger partial charge in [0.15, 0.2) is 0 Å². The van der Waals surface area contributed by atoms with Gasteiger partial charge in [0.1, 0.15) is 0 Å². The van der Waals surface area contributed by atoms with Crippen LogP contribution in [-0.2, 0) is 0 Å². The summed E-state index contributed by atoms with van der Waals surface area (Å²) in [6.07, 6.45) is 10.2. The lowest BCUT2D eigenvalue weighted by molar-refractivity contribution is 1.22. The molecular weight excluding hydrogens is 786 g/mol. The fourth-order valence-corrected chi connectivity index (χ4v) is 10.7. The van der Waals surface area contributed by atoms with Gasteiger partial charge in [-0.15, -0.1) is 0 Å². The Hall–Kier alpha value is -8.34. The van der Waals surface area contributed by atoms with E-state index in [1.165, 1.54) is 100 Å². The van der Waals surface area contributed by atoms with Crippen LogP contribution in [-0.4, -0.2) is 11.3 Å². The standard InChI is InChI=1S/C61H42BN3/c1-5-17-42(18-6-1)45-32-36-55-51(39-45)52-40-46(43-19-7-2-8-20-43)33-37-56(52)63(55)50-26-15-21-44(31-35-50)47-34-38-58-54(41-47)62-53-27-13-14-28-57(53)64(48-22-9-3-10-23-48)59-29-16-30-60(61(59)62)65(58)49-24-11-4-12-25-49/h1-14,16-41H,15H2. The van der Waals surface area contributed by atoms with Crippen molar-refractivity contribution < 1.29 is 0 Å². The molecule has 0 saturated heterocycles. The lowest BCUT2D eigenvalue weighted by atomic mass is 9.33. The summed E-state index contributed by atoms with van der Waals surface area (Å²) in [6, 6.07) is 80.0. The van der Waals surface area contributed by atoms with Crippen LogP contribution in [0.4, 0.5) is 34.1 Å². The molecule has 0 amide bonds. The average molecular weight is 828 g/mol. The molecule has 4 heteroatoms. The summed E-state index contributed by atoms with van der Waals surface area (Å²) in [5.41, 5.74) is 22.0. The number of fused-ring (bicyclic) bond motifs is 7. The van der Waals surface area contributed by atoms with Crippen molar-refractivity contribution in [1.29, 1.82) is 0 Å². The van der Waals surface area contributed by atoms with Crippen molar-refractivity contribution in [3.63, 3.8) is 0 Å². The maximum Gasteiger partial charge on any atom is 0.252 e. The summed E-state index contributed by atoms with van der Waals surface area (Å²) in [4.78, 5) is 4.92. The maximum absolute atomic E-state index is 2.47. The zero-order valence-corrected chi connectivity index (χ0v) is 35.7. The molecule has 0 fully saturated rings. The fraction of sp³-hybridized carbons (Fsp3) is 0.0164. The summed E-state index contributed by atoms with van der Waals surface area (Å²) in [5.74, 6) is 0. The van der Waals surface area contributed by atoms with E-state index in [4.69, 9.17) is 0 Å². The smallest absolute Gasteiger partial charge is 0.252 e. The fourth-order valence-electron chi connectivity index (χ4n) is 10.7. The normalized spacial score (nSPS) is 13.8. The Morgan fingerprint density at radius 1 is 0.354 bits per heavy atom. The van der Waals surface area contributed by atoms with Gasteiger partial charge in [-0.2, -0.15) is 0 Å². The number of allylic oxidation sites excluding steroid dienone is 6. The van der Waals surface area contributed by atoms with Crippen molar-refractivity contribution in [2.75, 3.05) is 9.80 Å². The van der Waals surface area contributed by atoms with Gasteiger partial charge in [0.25, 0.3) is 6.71 Å². The predicted octanol–water partition coefficient (Wildman–Crippen LogP) is 14.1. The van der Waals surface area contributed by atoms with Gasteiger partial charge in [-0.1, -0.05) is 164 Å². The number of nitrogens with zero attached hydrogens (tertiary/aromatic N) is 3. The first-order valence-corrected chi connectivity index (χ1v) is 22.6. The molecule has 13 rings (SSSR count). The molecule has 65 heavy (non-hydrogen) atoms. The summed E-state index contributed by atoms with van der Waals surface area (Å²) >= 11 is 0. The third kappa shape index (κ3) is 6.06. The second-order valence-electron chi connectivity index (χ2n) is 17.2. The van der Waals surface area contributed by atoms with Crippen LogP contribution in [0, 0.1) is 0 Å². The highest BCUT2D eigenvalue weighted by molar-refractivity contribution is 7.00. The third-order valence-electron chi connectivity index (χ3n) is 13.6. The minimum absolute atomic E-state index is 0.0514. The number of rotatable bonds is 6. The van der Waals surface area contributed by atoms with Crippen molar-refractivity contribution in [2.45, 2.75) is 6.42 Å². The molecule has 304 valence electrons. The molecular formula is C61H42BN3. The molecule has 0 radical (unpaired) electrons. The van der Waals surface area contributed by atoms with Crippen LogP contribution in [0.1, 0.15) is 12.0 Å². The van der Waals surface area contributed by atoms with E-state index in [0.29, 0.717) is 0 Å². The first-order valence-electron chi connectivity index (χ1n) is 22.6. The number of para-hydroxylation sites is 3. The highest BCUT2D eigenvalue weighted by atomic mass is 15.2. The highest BCUT2D eigenvalue weighted by Crippen LogP contribution is 2.44. The molecule has 3 heterocycles. The maximum atomic E-state index is 2.47. The molecule has 0 atom stereocenters. The van der Waals surface area contributed by atoms with Crippen molar-refractivity contribution in [2.24, 2.45) is 0 Å². The molecule has 0 N–H and O–H groups in total. The second-order valence-corrected chi connectivity index (χ2v) is 17.2. The van der Waals surface area contributed by atoms with Crippen LogP contribution in [0.15, 0.2) is 243 Å². The Balaban J connectivity index is 0.937. The lowest BCUT2D eigenvalue weighted by Gasteiger charge is -2.44. The Morgan fingerprint density at radius 2 is 0.862 bits per heavy atom. The van der Waals surface area contributed by atoms with Crippen molar-refractivity contribution in [3.05, 3.63) is 248 Å². The predicted molar refractivity (Wildman–Crippen MR) is 277 cm³/mol. The molecule has 0 saturated carbocycles. The molecule has 0 spiro atoms. The number of hydrogen-bond donors (Lipinski definition) is 0. The third-order valence-corrected chi connectivity index (χ3v) is 13.6. The van der Waals surface area contributed by atoms with Crippen LogP contribution < -0.4 is 26.2 Å². The van der Waals surface area contributed by atoms with E-state index in [9.17, 15) is 0 Å². The van der Waals surface area contributed by atoms with Gasteiger partial charge in [0, 0.05) is 50.6 Å². The van der Waals surface area contributed by atoms with Gasteiger partial charge < -0.3 is 14.4 Å². The minimum Gasteiger partial charge on any atom is -0.311 e. The first-order chi connectivity index (χ1) is 32.3. The van der Waals surface area contributed by atoms with E-state index in [0.717, 1.165) is 17.8 Å². The first kappa shape index (κ1) is 37.2. The Bertz CT molecular complexity index is 3460. The molecule has 1 aliphatic carbocycles. The van der Waals surface area contributed by atoms with Gasteiger partial charge in [0.05, 0.1) is 11.0 Å². The molecule has 0 unspecified atom stereocenters. The van der Waals surface area contributed by atoms with E-state index >= 15 is 0 Å². The van der Waals surface area contributed by atoms with E-state index in [2.05, 4.69) is 257 Å². The minimum atomic E-state index is 0.0514.